The summed E-state index contributed by atoms with van der Waals surface area (Å²) in [5.74, 6) is 7.62. The zero-order chi connectivity index (χ0) is 15.0. The summed E-state index contributed by atoms with van der Waals surface area (Å²) in [6, 6.07) is -0.509. The molecule has 1 amide bonds. The number of morpholine rings is 1. The molecule has 5 N–H and O–H groups in total. The number of rotatable bonds is 4. The van der Waals surface area contributed by atoms with Crippen LogP contribution in [-0.2, 0) is 9.53 Å². The Kier molecular flexibility index (Phi) is 3.64. The van der Waals surface area contributed by atoms with E-state index < -0.39 is 11.9 Å². The summed E-state index contributed by atoms with van der Waals surface area (Å²) < 4.78 is 5.36. The van der Waals surface area contributed by atoms with Gasteiger partial charge in [0.05, 0.1) is 13.2 Å². The highest BCUT2D eigenvalue weighted by Gasteiger charge is 2.33. The van der Waals surface area contributed by atoms with Gasteiger partial charge in [-0.15, -0.1) is 0 Å². The topological polar surface area (TPSA) is 119 Å². The number of primary amides is 1. The Morgan fingerprint density at radius 2 is 2.19 bits per heavy atom. The molecule has 0 spiro atoms. The first-order valence-electron chi connectivity index (χ1n) is 7.10. The Bertz CT molecular complexity index is 560. The van der Waals surface area contributed by atoms with Crippen LogP contribution in [0.25, 0.3) is 0 Å². The summed E-state index contributed by atoms with van der Waals surface area (Å²) in [5.41, 5.74) is 8.91. The normalized spacial score (nSPS) is 22.2. The van der Waals surface area contributed by atoms with Crippen molar-refractivity contribution in [1.29, 1.82) is 0 Å². The summed E-state index contributed by atoms with van der Waals surface area (Å²) >= 11 is 0. The molecule has 2 aliphatic rings. The highest BCUT2D eigenvalue weighted by molar-refractivity contribution is 5.84. The highest BCUT2D eigenvalue weighted by Crippen LogP contribution is 2.40. The Morgan fingerprint density at radius 1 is 1.43 bits per heavy atom. The van der Waals surface area contributed by atoms with E-state index in [-0.39, 0.29) is 6.61 Å². The third-order valence-corrected chi connectivity index (χ3v) is 3.95. The second-order valence-corrected chi connectivity index (χ2v) is 5.48. The first-order valence-corrected chi connectivity index (χ1v) is 7.10. The van der Waals surface area contributed by atoms with Crippen molar-refractivity contribution in [3.63, 3.8) is 0 Å². The lowest BCUT2D eigenvalue weighted by Gasteiger charge is -2.35. The molecule has 2 fully saturated rings. The van der Waals surface area contributed by atoms with Gasteiger partial charge in [-0.25, -0.2) is 15.8 Å². The Labute approximate surface area is 122 Å². The fraction of sp³-hybridized carbons (Fsp3) is 0.615. The van der Waals surface area contributed by atoms with Gasteiger partial charge in [0.15, 0.2) is 0 Å². The van der Waals surface area contributed by atoms with E-state index >= 15 is 0 Å². The van der Waals surface area contributed by atoms with Crippen molar-refractivity contribution >= 4 is 17.5 Å². The average Bonchev–Trinajstić information content (AvgIpc) is 3.32. The van der Waals surface area contributed by atoms with Crippen LogP contribution < -0.4 is 21.9 Å². The van der Waals surface area contributed by atoms with Gasteiger partial charge in [-0.2, -0.15) is 0 Å². The summed E-state index contributed by atoms with van der Waals surface area (Å²) in [7, 11) is 0. The number of anilines is 2. The summed E-state index contributed by atoms with van der Waals surface area (Å²) in [5, 5.41) is 0. The van der Waals surface area contributed by atoms with E-state index in [9.17, 15) is 4.79 Å². The van der Waals surface area contributed by atoms with Gasteiger partial charge in [-0.3, -0.25) is 4.79 Å². The molecule has 0 radical (unpaired) electrons. The molecule has 114 valence electrons. The molecule has 1 atom stereocenters. The largest absolute Gasteiger partial charge is 0.377 e. The van der Waals surface area contributed by atoms with Crippen molar-refractivity contribution < 1.29 is 9.53 Å². The summed E-state index contributed by atoms with van der Waals surface area (Å²) in [4.78, 5) is 22.7. The number of nitrogens with zero attached hydrogens (tertiary/aromatic N) is 3. The van der Waals surface area contributed by atoms with Gasteiger partial charge in [0, 0.05) is 18.0 Å². The number of aromatic nitrogens is 2. The van der Waals surface area contributed by atoms with Gasteiger partial charge < -0.3 is 20.8 Å². The predicted octanol–water partition coefficient (Wildman–Crippen LogP) is -0.361. The fourth-order valence-electron chi connectivity index (χ4n) is 2.56. The number of hydrazine groups is 1. The molecule has 8 heteroatoms. The molecule has 0 bridgehead atoms. The molecule has 1 aromatic rings. The molecule has 3 rings (SSSR count). The van der Waals surface area contributed by atoms with Gasteiger partial charge in [0.2, 0.25) is 5.91 Å². The van der Waals surface area contributed by atoms with Crippen LogP contribution in [0.3, 0.4) is 0 Å². The van der Waals surface area contributed by atoms with Gasteiger partial charge in [0.25, 0.3) is 0 Å². The van der Waals surface area contributed by atoms with E-state index in [2.05, 4.69) is 15.4 Å². The van der Waals surface area contributed by atoms with E-state index in [1.54, 1.807) is 0 Å². The maximum atomic E-state index is 11.7. The standard InChI is InChI=1S/C13H20N6O2/c1-7-11(18-15)16-12(8-2-3-8)17-13(7)19-4-5-21-6-9(19)10(14)20/h8-9H,2-6,15H2,1H3,(H2,14,20)(H,16,17,18). The molecule has 1 saturated carbocycles. The smallest absolute Gasteiger partial charge is 0.242 e. The van der Waals surface area contributed by atoms with Crippen molar-refractivity contribution in [3.8, 4) is 0 Å². The Morgan fingerprint density at radius 3 is 2.81 bits per heavy atom. The second kappa shape index (κ2) is 5.45. The fourth-order valence-corrected chi connectivity index (χ4v) is 2.56. The van der Waals surface area contributed by atoms with Crippen LogP contribution in [-0.4, -0.2) is 41.7 Å². The lowest BCUT2D eigenvalue weighted by atomic mass is 10.1. The zero-order valence-electron chi connectivity index (χ0n) is 12.0. The number of nitrogens with one attached hydrogen (secondary N) is 1. The molecule has 1 aliphatic heterocycles. The third kappa shape index (κ3) is 2.64. The summed E-state index contributed by atoms with van der Waals surface area (Å²) in [6.45, 7) is 3.27. The van der Waals surface area contributed by atoms with E-state index in [1.807, 2.05) is 11.8 Å². The number of ether oxygens (including phenoxy) is 1. The number of amides is 1. The minimum atomic E-state index is -0.509. The first-order chi connectivity index (χ1) is 10.1. The zero-order valence-corrected chi connectivity index (χ0v) is 12.0. The maximum Gasteiger partial charge on any atom is 0.242 e. The Hall–Kier alpha value is -1.93. The quantitative estimate of drug-likeness (QED) is 0.512. The number of carbonyl (C=O) groups excluding carboxylic acids is 1. The molecule has 1 saturated heterocycles. The molecular formula is C13H20N6O2. The van der Waals surface area contributed by atoms with E-state index in [1.165, 1.54) is 0 Å². The van der Waals surface area contributed by atoms with Crippen molar-refractivity contribution in [2.75, 3.05) is 30.1 Å². The number of nitrogen functional groups attached to an aromatic ring is 1. The minimum Gasteiger partial charge on any atom is -0.377 e. The van der Waals surface area contributed by atoms with Crippen molar-refractivity contribution in [2.45, 2.75) is 31.7 Å². The van der Waals surface area contributed by atoms with Crippen LogP contribution in [0.15, 0.2) is 0 Å². The van der Waals surface area contributed by atoms with Gasteiger partial charge in [-0.1, -0.05) is 0 Å². The van der Waals surface area contributed by atoms with Crippen molar-refractivity contribution in [2.24, 2.45) is 11.6 Å². The SMILES string of the molecule is Cc1c(NN)nc(C2CC2)nc1N1CCOCC1C(N)=O. The van der Waals surface area contributed by atoms with Crippen molar-refractivity contribution in [1.82, 2.24) is 9.97 Å². The van der Waals surface area contributed by atoms with Crippen LogP contribution in [0.1, 0.15) is 30.1 Å². The average molecular weight is 292 g/mol. The number of carbonyl (C=O) groups is 1. The van der Waals surface area contributed by atoms with Crippen LogP contribution in [0, 0.1) is 6.92 Å². The highest BCUT2D eigenvalue weighted by atomic mass is 16.5. The van der Waals surface area contributed by atoms with Gasteiger partial charge >= 0.3 is 0 Å². The van der Waals surface area contributed by atoms with E-state index in [4.69, 9.17) is 16.3 Å². The molecule has 2 heterocycles. The van der Waals surface area contributed by atoms with Crippen LogP contribution in [0.4, 0.5) is 11.6 Å². The van der Waals surface area contributed by atoms with Crippen LogP contribution in [0.5, 0.6) is 0 Å². The third-order valence-electron chi connectivity index (χ3n) is 3.95. The molecule has 0 aromatic carbocycles. The molecule has 21 heavy (non-hydrogen) atoms. The number of nitrogens with two attached hydrogens (primary N) is 2. The van der Waals surface area contributed by atoms with E-state index in [0.29, 0.717) is 30.7 Å². The monoisotopic (exact) mass is 292 g/mol. The van der Waals surface area contributed by atoms with Crippen molar-refractivity contribution in [3.05, 3.63) is 11.4 Å². The van der Waals surface area contributed by atoms with Gasteiger partial charge in [-0.05, 0) is 19.8 Å². The molecule has 1 aliphatic carbocycles. The Balaban J connectivity index is 2.02. The van der Waals surface area contributed by atoms with E-state index in [0.717, 1.165) is 24.2 Å². The number of hydrogen-bond donors (Lipinski definition) is 3. The maximum absolute atomic E-state index is 11.7. The summed E-state index contributed by atoms with van der Waals surface area (Å²) in [6.07, 6.45) is 2.18. The first kappa shape index (κ1) is 14.0. The lowest BCUT2D eigenvalue weighted by Crippen LogP contribution is -2.53. The van der Waals surface area contributed by atoms with Gasteiger partial charge in [0.1, 0.15) is 23.5 Å². The molecule has 1 aromatic heterocycles. The molecular weight excluding hydrogens is 272 g/mol. The predicted molar refractivity (Wildman–Crippen MR) is 77.7 cm³/mol. The molecule has 8 nitrogen and oxygen atoms in total. The number of hydrogen-bond acceptors (Lipinski definition) is 7. The second-order valence-electron chi connectivity index (χ2n) is 5.48. The minimum absolute atomic E-state index is 0.281. The van der Waals surface area contributed by atoms with Crippen LogP contribution in [0.2, 0.25) is 0 Å². The van der Waals surface area contributed by atoms with Crippen LogP contribution >= 0.6 is 0 Å². The molecule has 1 unspecified atom stereocenters. The lowest BCUT2D eigenvalue weighted by molar-refractivity contribution is -0.121.